The van der Waals surface area contributed by atoms with Crippen LogP contribution in [0.2, 0.25) is 0 Å². The van der Waals surface area contributed by atoms with E-state index in [-0.39, 0.29) is 12.5 Å². The van der Waals surface area contributed by atoms with Crippen LogP contribution >= 0.6 is 11.3 Å². The molecule has 3 aromatic rings. The number of carbonyl (C=O) groups is 3. The number of para-hydroxylation sites is 1. The van der Waals surface area contributed by atoms with Crippen molar-refractivity contribution in [2.75, 3.05) is 11.9 Å². The number of aryl methyl sites for hydroxylation is 1. The molecule has 160 valence electrons. The summed E-state index contributed by atoms with van der Waals surface area (Å²) in [5.41, 5.74) is 3.09. The molecule has 0 saturated heterocycles. The maximum atomic E-state index is 12.6. The fraction of sp³-hybridized carbons (Fsp3) is 0.174. The van der Waals surface area contributed by atoms with Crippen LogP contribution in [0.3, 0.4) is 0 Å². The van der Waals surface area contributed by atoms with E-state index in [1.165, 1.54) is 11.3 Å². The number of nitrogens with one attached hydrogen (secondary N) is 4. The predicted molar refractivity (Wildman–Crippen MR) is 122 cm³/mol. The van der Waals surface area contributed by atoms with Crippen LogP contribution in [0.1, 0.15) is 26.4 Å². The van der Waals surface area contributed by atoms with E-state index in [2.05, 4.69) is 21.3 Å². The maximum absolute atomic E-state index is 12.6. The molecule has 0 atom stereocenters. The molecule has 1 heterocycles. The van der Waals surface area contributed by atoms with Gasteiger partial charge in [-0.3, -0.25) is 14.9 Å². The highest BCUT2D eigenvalue weighted by molar-refractivity contribution is 7.09. The molecule has 0 unspecified atom stereocenters. The lowest BCUT2D eigenvalue weighted by Crippen LogP contribution is -2.41. The van der Waals surface area contributed by atoms with Gasteiger partial charge in [-0.2, -0.15) is 0 Å². The number of thiophene rings is 1. The highest BCUT2D eigenvalue weighted by atomic mass is 32.1. The zero-order chi connectivity index (χ0) is 22.1. The van der Waals surface area contributed by atoms with Crippen LogP contribution in [0.5, 0.6) is 0 Å². The average Bonchev–Trinajstić information content (AvgIpc) is 3.30. The first kappa shape index (κ1) is 22.0. The van der Waals surface area contributed by atoms with Gasteiger partial charge in [0.2, 0.25) is 5.91 Å². The fourth-order valence-electron chi connectivity index (χ4n) is 2.79. The molecule has 0 saturated carbocycles. The molecule has 0 aliphatic carbocycles. The minimum absolute atomic E-state index is 0.144. The third-order valence-corrected chi connectivity index (χ3v) is 5.32. The van der Waals surface area contributed by atoms with Gasteiger partial charge in [0, 0.05) is 17.1 Å². The lowest BCUT2D eigenvalue weighted by Gasteiger charge is -2.12. The van der Waals surface area contributed by atoms with Gasteiger partial charge < -0.3 is 16.0 Å². The third-order valence-electron chi connectivity index (χ3n) is 4.44. The van der Waals surface area contributed by atoms with Gasteiger partial charge in [-0.25, -0.2) is 4.79 Å². The van der Waals surface area contributed by atoms with Gasteiger partial charge in [-0.1, -0.05) is 48.0 Å². The van der Waals surface area contributed by atoms with Crippen molar-refractivity contribution >= 4 is 34.9 Å². The Morgan fingerprint density at radius 1 is 0.871 bits per heavy atom. The Bertz CT molecular complexity index is 1030. The second-order valence-corrected chi connectivity index (χ2v) is 7.91. The molecule has 0 aliphatic heterocycles. The van der Waals surface area contributed by atoms with Gasteiger partial charge in [0.25, 0.3) is 5.91 Å². The number of urea groups is 1. The Balaban J connectivity index is 1.48. The summed E-state index contributed by atoms with van der Waals surface area (Å²) in [5.74, 6) is -0.753. The number of rotatable bonds is 8. The lowest BCUT2D eigenvalue weighted by atomic mass is 10.1. The molecule has 4 amide bonds. The monoisotopic (exact) mass is 436 g/mol. The largest absolute Gasteiger partial charge is 0.375 e. The molecule has 0 fully saturated rings. The minimum Gasteiger partial charge on any atom is -0.375 e. The number of anilines is 1. The first-order chi connectivity index (χ1) is 15.0. The zero-order valence-electron chi connectivity index (χ0n) is 17.1. The lowest BCUT2D eigenvalue weighted by molar-refractivity contribution is -0.118. The summed E-state index contributed by atoms with van der Waals surface area (Å²) in [7, 11) is 0. The van der Waals surface area contributed by atoms with Crippen LogP contribution in [0.15, 0.2) is 66.0 Å². The molecule has 31 heavy (non-hydrogen) atoms. The van der Waals surface area contributed by atoms with Crippen LogP contribution in [-0.2, 0) is 17.9 Å². The van der Waals surface area contributed by atoms with Crippen molar-refractivity contribution in [3.63, 3.8) is 0 Å². The molecular weight excluding hydrogens is 412 g/mol. The Morgan fingerprint density at radius 3 is 2.39 bits per heavy atom. The van der Waals surface area contributed by atoms with Gasteiger partial charge in [-0.05, 0) is 36.1 Å². The summed E-state index contributed by atoms with van der Waals surface area (Å²) in [6.45, 7) is 2.62. The van der Waals surface area contributed by atoms with E-state index in [1.807, 2.05) is 48.7 Å². The summed E-state index contributed by atoms with van der Waals surface area (Å²) in [4.78, 5) is 37.5. The predicted octanol–water partition coefficient (Wildman–Crippen LogP) is 3.42. The summed E-state index contributed by atoms with van der Waals surface area (Å²) in [5, 5.41) is 12.6. The standard InChI is InChI=1S/C23H24N4O3S/c1-16-8-10-17(11-9-16)13-25-22(29)19-6-2-3-7-20(19)24-15-21(28)27-23(30)26-14-18-5-4-12-31-18/h2-12,24H,13-15H2,1H3,(H,25,29)(H2,26,27,28,30). The Kier molecular flexibility index (Phi) is 7.78. The number of benzene rings is 2. The van der Waals surface area contributed by atoms with E-state index in [1.54, 1.807) is 24.3 Å². The van der Waals surface area contributed by atoms with Gasteiger partial charge in [0.15, 0.2) is 0 Å². The molecule has 2 aromatic carbocycles. The second-order valence-electron chi connectivity index (χ2n) is 6.88. The Morgan fingerprint density at radius 2 is 1.65 bits per heavy atom. The minimum atomic E-state index is -0.565. The molecule has 8 heteroatoms. The first-order valence-corrected chi connectivity index (χ1v) is 10.7. The highest BCUT2D eigenvalue weighted by Gasteiger charge is 2.13. The Hall–Kier alpha value is -3.65. The van der Waals surface area contributed by atoms with Crippen molar-refractivity contribution in [3.05, 3.63) is 87.6 Å². The van der Waals surface area contributed by atoms with Gasteiger partial charge in [0.05, 0.1) is 18.7 Å². The van der Waals surface area contributed by atoms with Crippen LogP contribution in [0, 0.1) is 6.92 Å². The van der Waals surface area contributed by atoms with Gasteiger partial charge in [-0.15, -0.1) is 11.3 Å². The molecule has 7 nitrogen and oxygen atoms in total. The molecule has 4 N–H and O–H groups in total. The molecule has 0 aliphatic rings. The first-order valence-electron chi connectivity index (χ1n) is 9.78. The fourth-order valence-corrected chi connectivity index (χ4v) is 3.43. The SMILES string of the molecule is Cc1ccc(CNC(=O)c2ccccc2NCC(=O)NC(=O)NCc2cccs2)cc1. The number of hydrogen-bond donors (Lipinski definition) is 4. The van der Waals surface area contributed by atoms with Crippen molar-refractivity contribution in [2.24, 2.45) is 0 Å². The van der Waals surface area contributed by atoms with E-state index >= 15 is 0 Å². The van der Waals surface area contributed by atoms with Crippen molar-refractivity contribution in [3.8, 4) is 0 Å². The normalized spacial score (nSPS) is 10.2. The second kappa shape index (κ2) is 10.9. The van der Waals surface area contributed by atoms with Crippen LogP contribution in [0.25, 0.3) is 0 Å². The van der Waals surface area contributed by atoms with Crippen molar-refractivity contribution in [1.82, 2.24) is 16.0 Å². The summed E-state index contributed by atoms with van der Waals surface area (Å²) >= 11 is 1.52. The van der Waals surface area contributed by atoms with Crippen LogP contribution in [0.4, 0.5) is 10.5 Å². The number of hydrogen-bond acceptors (Lipinski definition) is 5. The van der Waals surface area contributed by atoms with E-state index in [9.17, 15) is 14.4 Å². The van der Waals surface area contributed by atoms with E-state index in [0.717, 1.165) is 16.0 Å². The molecule has 3 rings (SSSR count). The number of carbonyl (C=O) groups excluding carboxylic acids is 3. The van der Waals surface area contributed by atoms with Crippen LogP contribution < -0.4 is 21.3 Å². The third kappa shape index (κ3) is 6.97. The smallest absolute Gasteiger partial charge is 0.321 e. The average molecular weight is 437 g/mol. The summed E-state index contributed by atoms with van der Waals surface area (Å²) in [6.07, 6.45) is 0. The number of imide groups is 1. The van der Waals surface area contributed by atoms with E-state index in [4.69, 9.17) is 0 Å². The van der Waals surface area contributed by atoms with Crippen molar-refractivity contribution in [1.29, 1.82) is 0 Å². The topological polar surface area (TPSA) is 99.3 Å². The molecule has 0 spiro atoms. The quantitative estimate of drug-likeness (QED) is 0.435. The summed E-state index contributed by atoms with van der Waals surface area (Å²) < 4.78 is 0. The van der Waals surface area contributed by atoms with E-state index in [0.29, 0.717) is 24.3 Å². The Labute approximate surface area is 184 Å². The molecule has 1 aromatic heterocycles. The van der Waals surface area contributed by atoms with Gasteiger partial charge >= 0.3 is 6.03 Å². The number of amides is 4. The van der Waals surface area contributed by atoms with Gasteiger partial charge in [0.1, 0.15) is 0 Å². The van der Waals surface area contributed by atoms with E-state index < -0.39 is 11.9 Å². The van der Waals surface area contributed by atoms with Crippen LogP contribution in [-0.4, -0.2) is 24.4 Å². The van der Waals surface area contributed by atoms with Crippen molar-refractivity contribution < 1.29 is 14.4 Å². The molecular formula is C23H24N4O3S. The zero-order valence-corrected chi connectivity index (χ0v) is 17.9. The molecule has 0 bridgehead atoms. The van der Waals surface area contributed by atoms with Crippen molar-refractivity contribution in [2.45, 2.75) is 20.0 Å². The highest BCUT2D eigenvalue weighted by Crippen LogP contribution is 2.15. The molecule has 0 radical (unpaired) electrons. The maximum Gasteiger partial charge on any atom is 0.321 e. The summed E-state index contributed by atoms with van der Waals surface area (Å²) in [6, 6.07) is 18.1.